The Hall–Kier alpha value is -0.700. The summed E-state index contributed by atoms with van der Waals surface area (Å²) in [4.78, 5) is 1.24. The zero-order valence-corrected chi connectivity index (χ0v) is 10.4. The van der Waals surface area contributed by atoms with Gasteiger partial charge in [-0.25, -0.2) is 0 Å². The standard InChI is InChI=1S/C11H9Cl2NS/c1-6-2-7(5-15-6)9-3-8(14)4-10(12)11(9)13/h2-5H,14H2,1H3. The Morgan fingerprint density at radius 2 is 1.93 bits per heavy atom. The zero-order valence-electron chi connectivity index (χ0n) is 8.05. The number of hydrogen-bond donors (Lipinski definition) is 1. The molecule has 0 bridgehead atoms. The molecule has 0 aliphatic heterocycles. The van der Waals surface area contributed by atoms with Crippen molar-refractivity contribution in [3.8, 4) is 11.1 Å². The highest BCUT2D eigenvalue weighted by Gasteiger charge is 2.09. The van der Waals surface area contributed by atoms with Crippen molar-refractivity contribution in [2.45, 2.75) is 6.92 Å². The molecule has 0 aliphatic carbocycles. The zero-order chi connectivity index (χ0) is 11.0. The molecule has 2 aromatic rings. The minimum atomic E-state index is 0.496. The minimum absolute atomic E-state index is 0.496. The first kappa shape index (κ1) is 10.8. The molecule has 1 nitrogen and oxygen atoms in total. The van der Waals surface area contributed by atoms with Crippen LogP contribution in [0.25, 0.3) is 11.1 Å². The van der Waals surface area contributed by atoms with Gasteiger partial charge in [-0.3, -0.25) is 0 Å². The van der Waals surface area contributed by atoms with E-state index >= 15 is 0 Å². The van der Waals surface area contributed by atoms with E-state index in [0.29, 0.717) is 15.7 Å². The second kappa shape index (κ2) is 4.05. The fourth-order valence-electron chi connectivity index (χ4n) is 1.40. The van der Waals surface area contributed by atoms with Gasteiger partial charge in [-0.15, -0.1) is 11.3 Å². The highest BCUT2D eigenvalue weighted by Crippen LogP contribution is 2.37. The second-order valence-corrected chi connectivity index (χ2v) is 5.21. The summed E-state index contributed by atoms with van der Waals surface area (Å²) < 4.78 is 0. The van der Waals surface area contributed by atoms with Crippen LogP contribution in [-0.4, -0.2) is 0 Å². The number of rotatable bonds is 1. The molecule has 0 unspecified atom stereocenters. The molecule has 0 aliphatic rings. The average Bonchev–Trinajstić information content (AvgIpc) is 2.58. The number of anilines is 1. The Kier molecular flexibility index (Phi) is 2.91. The molecular weight excluding hydrogens is 249 g/mol. The van der Waals surface area contributed by atoms with Gasteiger partial charge in [0.2, 0.25) is 0 Å². The predicted octanol–water partition coefficient (Wildman–Crippen LogP) is 4.61. The molecular formula is C11H9Cl2NS. The van der Waals surface area contributed by atoms with Gasteiger partial charge in [0.25, 0.3) is 0 Å². The summed E-state index contributed by atoms with van der Waals surface area (Å²) in [6.45, 7) is 2.05. The van der Waals surface area contributed by atoms with E-state index < -0.39 is 0 Å². The van der Waals surface area contributed by atoms with Gasteiger partial charge in [-0.05, 0) is 36.1 Å². The molecule has 1 aromatic heterocycles. The maximum atomic E-state index is 6.13. The molecule has 2 rings (SSSR count). The fraction of sp³-hybridized carbons (Fsp3) is 0.0909. The van der Waals surface area contributed by atoms with E-state index in [4.69, 9.17) is 28.9 Å². The summed E-state index contributed by atoms with van der Waals surface area (Å²) in [6, 6.07) is 5.57. The molecule has 0 amide bonds. The lowest BCUT2D eigenvalue weighted by Crippen LogP contribution is -1.87. The van der Waals surface area contributed by atoms with Crippen LogP contribution in [0.1, 0.15) is 4.88 Å². The molecule has 0 atom stereocenters. The van der Waals surface area contributed by atoms with Gasteiger partial charge < -0.3 is 5.73 Å². The van der Waals surface area contributed by atoms with E-state index in [2.05, 4.69) is 13.0 Å². The van der Waals surface area contributed by atoms with E-state index in [1.54, 1.807) is 17.4 Å². The Morgan fingerprint density at radius 3 is 2.53 bits per heavy atom. The summed E-state index contributed by atoms with van der Waals surface area (Å²) in [7, 11) is 0. The lowest BCUT2D eigenvalue weighted by Gasteiger charge is -2.05. The Morgan fingerprint density at radius 1 is 1.20 bits per heavy atom. The topological polar surface area (TPSA) is 26.0 Å². The quantitative estimate of drug-likeness (QED) is 0.742. The first-order chi connectivity index (χ1) is 7.08. The molecule has 4 heteroatoms. The largest absolute Gasteiger partial charge is 0.399 e. The Balaban J connectivity index is 2.62. The average molecular weight is 258 g/mol. The first-order valence-electron chi connectivity index (χ1n) is 4.38. The van der Waals surface area contributed by atoms with Gasteiger partial charge in [0, 0.05) is 16.1 Å². The number of hydrogen-bond acceptors (Lipinski definition) is 2. The van der Waals surface area contributed by atoms with Gasteiger partial charge in [0.1, 0.15) is 0 Å². The maximum absolute atomic E-state index is 6.13. The van der Waals surface area contributed by atoms with Crippen LogP contribution in [0, 0.1) is 6.92 Å². The summed E-state index contributed by atoms with van der Waals surface area (Å²) in [5, 5.41) is 3.10. The Labute approximate surface area is 102 Å². The van der Waals surface area contributed by atoms with Crippen molar-refractivity contribution in [1.29, 1.82) is 0 Å². The fourth-order valence-corrected chi connectivity index (χ4v) is 2.55. The summed E-state index contributed by atoms with van der Waals surface area (Å²) in [6.07, 6.45) is 0. The summed E-state index contributed by atoms with van der Waals surface area (Å²) >= 11 is 13.8. The van der Waals surface area contributed by atoms with Crippen LogP contribution in [0.4, 0.5) is 5.69 Å². The van der Waals surface area contributed by atoms with E-state index in [-0.39, 0.29) is 0 Å². The van der Waals surface area contributed by atoms with Gasteiger partial charge in [-0.1, -0.05) is 23.2 Å². The highest BCUT2D eigenvalue weighted by molar-refractivity contribution is 7.10. The van der Waals surface area contributed by atoms with E-state index in [9.17, 15) is 0 Å². The maximum Gasteiger partial charge on any atom is 0.0672 e. The van der Waals surface area contributed by atoms with Crippen molar-refractivity contribution in [2.75, 3.05) is 5.73 Å². The predicted molar refractivity (Wildman–Crippen MR) is 68.9 cm³/mol. The van der Waals surface area contributed by atoms with E-state index in [0.717, 1.165) is 11.1 Å². The van der Waals surface area contributed by atoms with Crippen LogP contribution >= 0.6 is 34.5 Å². The molecule has 0 radical (unpaired) electrons. The molecule has 1 heterocycles. The summed E-state index contributed by atoms with van der Waals surface area (Å²) in [5.74, 6) is 0. The highest BCUT2D eigenvalue weighted by atomic mass is 35.5. The summed E-state index contributed by atoms with van der Waals surface area (Å²) in [5.41, 5.74) is 8.32. The smallest absolute Gasteiger partial charge is 0.0672 e. The van der Waals surface area contributed by atoms with Gasteiger partial charge in [0.05, 0.1) is 10.0 Å². The third kappa shape index (κ3) is 2.12. The number of thiophene rings is 1. The van der Waals surface area contributed by atoms with Gasteiger partial charge in [-0.2, -0.15) is 0 Å². The van der Waals surface area contributed by atoms with Crippen molar-refractivity contribution < 1.29 is 0 Å². The molecule has 15 heavy (non-hydrogen) atoms. The lowest BCUT2D eigenvalue weighted by molar-refractivity contribution is 1.61. The molecule has 78 valence electrons. The van der Waals surface area contributed by atoms with Gasteiger partial charge >= 0.3 is 0 Å². The van der Waals surface area contributed by atoms with E-state index in [1.165, 1.54) is 4.88 Å². The number of halogens is 2. The van der Waals surface area contributed by atoms with Crippen molar-refractivity contribution >= 4 is 40.2 Å². The number of aryl methyl sites for hydroxylation is 1. The Bertz CT molecular complexity index is 505. The first-order valence-corrected chi connectivity index (χ1v) is 6.01. The molecule has 0 spiro atoms. The van der Waals surface area contributed by atoms with Gasteiger partial charge in [0.15, 0.2) is 0 Å². The number of nitrogens with two attached hydrogens (primary N) is 1. The third-order valence-electron chi connectivity index (χ3n) is 2.09. The van der Waals surface area contributed by atoms with E-state index in [1.807, 2.05) is 11.4 Å². The van der Waals surface area contributed by atoms with Crippen LogP contribution in [0.15, 0.2) is 23.6 Å². The van der Waals surface area contributed by atoms with Crippen molar-refractivity contribution in [1.82, 2.24) is 0 Å². The lowest BCUT2D eigenvalue weighted by atomic mass is 10.1. The molecule has 1 aromatic carbocycles. The van der Waals surface area contributed by atoms with Crippen LogP contribution in [-0.2, 0) is 0 Å². The monoisotopic (exact) mass is 257 g/mol. The van der Waals surface area contributed by atoms with Crippen LogP contribution in [0.3, 0.4) is 0 Å². The second-order valence-electron chi connectivity index (χ2n) is 3.31. The minimum Gasteiger partial charge on any atom is -0.399 e. The van der Waals surface area contributed by atoms with Crippen molar-refractivity contribution in [3.05, 3.63) is 38.5 Å². The normalized spacial score (nSPS) is 10.6. The van der Waals surface area contributed by atoms with Crippen LogP contribution in [0.2, 0.25) is 10.0 Å². The number of nitrogen functional groups attached to an aromatic ring is 1. The van der Waals surface area contributed by atoms with Crippen molar-refractivity contribution in [3.63, 3.8) is 0 Å². The van der Waals surface area contributed by atoms with Crippen molar-refractivity contribution in [2.24, 2.45) is 0 Å². The van der Waals surface area contributed by atoms with Crippen LogP contribution in [0.5, 0.6) is 0 Å². The van der Waals surface area contributed by atoms with Crippen LogP contribution < -0.4 is 5.73 Å². The number of benzene rings is 1. The third-order valence-corrected chi connectivity index (χ3v) is 3.76. The molecule has 0 saturated carbocycles. The SMILES string of the molecule is Cc1cc(-c2cc(N)cc(Cl)c2Cl)cs1. The molecule has 0 saturated heterocycles. The molecule has 2 N–H and O–H groups in total. The molecule has 0 fully saturated rings.